The summed E-state index contributed by atoms with van der Waals surface area (Å²) >= 11 is 1.01. The Morgan fingerprint density at radius 2 is 1.91 bits per heavy atom. The maximum Gasteiger partial charge on any atom is 0.432 e. The number of carbonyl (C=O) groups is 1. The van der Waals surface area contributed by atoms with E-state index in [0.29, 0.717) is 23.0 Å². The Labute approximate surface area is 197 Å². The number of aryl methyl sites for hydroxylation is 1. The molecule has 10 nitrogen and oxygen atoms in total. The number of carboxylic acid groups (broad SMARTS) is 1. The number of aromatic nitrogens is 2. The van der Waals surface area contributed by atoms with E-state index in [1.807, 2.05) is 0 Å². The number of methoxy groups -OCH3 is 1. The van der Waals surface area contributed by atoms with Crippen LogP contribution in [0.15, 0.2) is 44.8 Å². The van der Waals surface area contributed by atoms with E-state index in [-0.39, 0.29) is 46.8 Å². The summed E-state index contributed by atoms with van der Waals surface area (Å²) in [5.41, 5.74) is 1.05. The molecule has 2 aromatic carbocycles. The number of nitrogens with zero attached hydrogens (tertiary/aromatic N) is 4. The summed E-state index contributed by atoms with van der Waals surface area (Å²) in [4.78, 5) is 23.7. The molecule has 0 saturated heterocycles. The second-order valence-corrected chi connectivity index (χ2v) is 7.64. The topological polar surface area (TPSA) is 129 Å². The molecule has 0 aliphatic carbocycles. The number of benzene rings is 2. The predicted molar refractivity (Wildman–Crippen MR) is 124 cm³/mol. The molecule has 4 rings (SSSR count). The Hall–Kier alpha value is -3.93. The number of halogens is 1. The normalized spacial score (nSPS) is 13.6. The highest BCUT2D eigenvalue weighted by Gasteiger charge is 2.28. The standard InChI is InChI=1S/C22H19FN4O6S/c1-11-24-20(27-33-11)12-4-6-13(7-5-12)25-17(21(34-3)26-22(28)29)14-10-15(30-2)18-19(16(14)23)32-9-8-31-18/h4-7,10H,8-9H2,1-3H3,(H,28,29). The van der Waals surface area contributed by atoms with Crippen LogP contribution >= 0.6 is 11.8 Å². The van der Waals surface area contributed by atoms with Crippen LogP contribution in [0, 0.1) is 12.7 Å². The number of amides is 1. The van der Waals surface area contributed by atoms with Gasteiger partial charge >= 0.3 is 6.09 Å². The van der Waals surface area contributed by atoms with Crippen molar-refractivity contribution in [3.8, 4) is 28.6 Å². The summed E-state index contributed by atoms with van der Waals surface area (Å²) in [7, 11) is 1.41. The molecule has 0 spiro atoms. The molecule has 34 heavy (non-hydrogen) atoms. The minimum absolute atomic E-state index is 0.00849. The molecule has 1 aliphatic rings. The van der Waals surface area contributed by atoms with Gasteiger partial charge in [0, 0.05) is 18.1 Å². The molecule has 0 bridgehead atoms. The highest BCUT2D eigenvalue weighted by molar-refractivity contribution is 8.15. The second kappa shape index (κ2) is 9.91. The number of rotatable bonds is 5. The van der Waals surface area contributed by atoms with Crippen LogP contribution in [0.5, 0.6) is 17.2 Å². The number of aliphatic imine (C=N–C) groups is 2. The lowest BCUT2D eigenvalue weighted by Gasteiger charge is -2.22. The highest BCUT2D eigenvalue weighted by Crippen LogP contribution is 2.43. The lowest BCUT2D eigenvalue weighted by atomic mass is 10.1. The molecule has 1 aliphatic heterocycles. The summed E-state index contributed by atoms with van der Waals surface area (Å²) in [5.74, 6) is 0.296. The number of ether oxygens (including phenoxy) is 3. The summed E-state index contributed by atoms with van der Waals surface area (Å²) in [6.45, 7) is 2.08. The third-order valence-corrected chi connectivity index (χ3v) is 5.35. The average Bonchev–Trinajstić information content (AvgIpc) is 3.28. The van der Waals surface area contributed by atoms with Gasteiger partial charge in [0.15, 0.2) is 11.6 Å². The number of hydrogen-bond donors (Lipinski definition) is 1. The van der Waals surface area contributed by atoms with E-state index < -0.39 is 11.9 Å². The zero-order valence-electron chi connectivity index (χ0n) is 18.4. The molecular weight excluding hydrogens is 467 g/mol. The van der Waals surface area contributed by atoms with E-state index in [9.17, 15) is 9.90 Å². The maximum atomic E-state index is 15.6. The first-order valence-corrected chi connectivity index (χ1v) is 11.2. The van der Waals surface area contributed by atoms with Gasteiger partial charge in [0.25, 0.3) is 0 Å². The van der Waals surface area contributed by atoms with Crippen molar-refractivity contribution in [2.24, 2.45) is 9.98 Å². The smallest absolute Gasteiger partial charge is 0.432 e. The van der Waals surface area contributed by atoms with Crippen LogP contribution in [0.3, 0.4) is 0 Å². The van der Waals surface area contributed by atoms with Crippen molar-refractivity contribution in [2.75, 3.05) is 26.6 Å². The van der Waals surface area contributed by atoms with Gasteiger partial charge < -0.3 is 23.8 Å². The molecule has 0 radical (unpaired) electrons. The van der Waals surface area contributed by atoms with Crippen molar-refractivity contribution in [3.05, 3.63) is 47.6 Å². The van der Waals surface area contributed by atoms with Crippen molar-refractivity contribution in [3.63, 3.8) is 0 Å². The molecular formula is C22H19FN4O6S. The number of fused-ring (bicyclic) bond motifs is 1. The highest BCUT2D eigenvalue weighted by atomic mass is 32.2. The first-order chi connectivity index (χ1) is 16.4. The van der Waals surface area contributed by atoms with Gasteiger partial charge in [-0.3, -0.25) is 0 Å². The van der Waals surface area contributed by atoms with E-state index in [4.69, 9.17) is 18.7 Å². The van der Waals surface area contributed by atoms with Crippen LogP contribution < -0.4 is 14.2 Å². The molecule has 3 aromatic rings. The summed E-state index contributed by atoms with van der Waals surface area (Å²) in [6.07, 6.45) is 0.177. The fourth-order valence-electron chi connectivity index (χ4n) is 3.21. The van der Waals surface area contributed by atoms with Gasteiger partial charge in [-0.25, -0.2) is 14.2 Å². The molecule has 176 valence electrons. The molecule has 0 saturated carbocycles. The number of hydrogen-bond acceptors (Lipinski definition) is 9. The Morgan fingerprint density at radius 3 is 2.50 bits per heavy atom. The molecule has 0 atom stereocenters. The van der Waals surface area contributed by atoms with Crippen LogP contribution in [0.2, 0.25) is 0 Å². The zero-order chi connectivity index (χ0) is 24.2. The van der Waals surface area contributed by atoms with Gasteiger partial charge in [-0.1, -0.05) is 5.16 Å². The van der Waals surface area contributed by atoms with Crippen LogP contribution in [0.1, 0.15) is 11.5 Å². The lowest BCUT2D eigenvalue weighted by Crippen LogP contribution is -2.21. The van der Waals surface area contributed by atoms with Crippen molar-refractivity contribution in [1.29, 1.82) is 0 Å². The van der Waals surface area contributed by atoms with E-state index in [2.05, 4.69) is 20.1 Å². The van der Waals surface area contributed by atoms with E-state index in [0.717, 1.165) is 11.8 Å². The van der Waals surface area contributed by atoms with E-state index in [1.165, 1.54) is 13.2 Å². The summed E-state index contributed by atoms with van der Waals surface area (Å²) in [6, 6.07) is 8.13. The monoisotopic (exact) mass is 486 g/mol. The van der Waals surface area contributed by atoms with Crippen molar-refractivity contribution >= 4 is 34.3 Å². The van der Waals surface area contributed by atoms with Gasteiger partial charge in [0.1, 0.15) is 24.0 Å². The zero-order valence-corrected chi connectivity index (χ0v) is 19.2. The first-order valence-electron chi connectivity index (χ1n) is 9.93. The van der Waals surface area contributed by atoms with Crippen LogP contribution in [-0.2, 0) is 0 Å². The largest absolute Gasteiger partial charge is 0.493 e. The molecule has 1 aromatic heterocycles. The van der Waals surface area contributed by atoms with Crippen LogP contribution in [0.25, 0.3) is 11.4 Å². The Balaban J connectivity index is 1.86. The van der Waals surface area contributed by atoms with E-state index in [1.54, 1.807) is 37.4 Å². The molecule has 1 N–H and O–H groups in total. The summed E-state index contributed by atoms with van der Waals surface area (Å²) in [5, 5.41) is 13.1. The summed E-state index contributed by atoms with van der Waals surface area (Å²) < 4.78 is 36.9. The van der Waals surface area contributed by atoms with Gasteiger partial charge in [-0.15, -0.1) is 11.8 Å². The minimum atomic E-state index is -1.44. The molecule has 12 heteroatoms. The van der Waals surface area contributed by atoms with Gasteiger partial charge in [-0.05, 0) is 36.6 Å². The Morgan fingerprint density at radius 1 is 1.21 bits per heavy atom. The quantitative estimate of drug-likeness (QED) is 0.409. The maximum absolute atomic E-state index is 15.6. The van der Waals surface area contributed by atoms with Crippen molar-refractivity contribution in [1.82, 2.24) is 10.1 Å². The number of thioether (sulfide) groups is 1. The molecule has 0 unspecified atom stereocenters. The third-order valence-electron chi connectivity index (χ3n) is 4.68. The fourth-order valence-corrected chi connectivity index (χ4v) is 3.73. The van der Waals surface area contributed by atoms with Crippen molar-refractivity contribution in [2.45, 2.75) is 6.92 Å². The fraction of sp³-hybridized carbons (Fsp3) is 0.227. The van der Waals surface area contributed by atoms with Gasteiger partial charge in [0.2, 0.25) is 23.2 Å². The first kappa shape index (κ1) is 23.2. The van der Waals surface area contributed by atoms with Gasteiger partial charge in [0.05, 0.1) is 12.8 Å². The van der Waals surface area contributed by atoms with Crippen LogP contribution in [-0.4, -0.2) is 58.7 Å². The molecule has 0 fully saturated rings. The second-order valence-electron chi connectivity index (χ2n) is 6.84. The Bertz CT molecular complexity index is 1290. The predicted octanol–water partition coefficient (Wildman–Crippen LogP) is 4.52. The molecule has 1 amide bonds. The average molecular weight is 486 g/mol. The third kappa shape index (κ3) is 4.71. The van der Waals surface area contributed by atoms with Crippen molar-refractivity contribution < 1.29 is 33.0 Å². The Kier molecular flexibility index (Phi) is 6.77. The van der Waals surface area contributed by atoms with Gasteiger partial charge in [-0.2, -0.15) is 9.98 Å². The van der Waals surface area contributed by atoms with Crippen LogP contribution in [0.4, 0.5) is 14.9 Å². The minimum Gasteiger partial charge on any atom is -0.493 e. The SMILES string of the molecule is COc1cc(C(=Nc2ccc(-c3noc(C)n3)cc2)C(=NC(=O)O)SC)c(F)c2c1OCCO2. The molecule has 2 heterocycles. The lowest BCUT2D eigenvalue weighted by molar-refractivity contribution is 0.158. The van der Waals surface area contributed by atoms with E-state index >= 15 is 4.39 Å².